The first-order valence-corrected chi connectivity index (χ1v) is 29.7. The molecule has 0 spiro atoms. The van der Waals surface area contributed by atoms with E-state index >= 15 is 0 Å². The Morgan fingerprint density at radius 1 is 0.453 bits per heavy atom. The highest BCUT2D eigenvalue weighted by Crippen LogP contribution is 2.43. The van der Waals surface area contributed by atoms with Crippen LogP contribution in [0.1, 0.15) is 296 Å². The minimum atomic E-state index is -4.28. The van der Waals surface area contributed by atoms with Gasteiger partial charge in [0.15, 0.2) is 0 Å². The number of phosphoric ester groups is 1. The van der Waals surface area contributed by atoms with Crippen molar-refractivity contribution < 1.29 is 32.8 Å². The van der Waals surface area contributed by atoms with Crippen LogP contribution in [0.3, 0.4) is 0 Å². The summed E-state index contributed by atoms with van der Waals surface area (Å²) in [7, 11) is -4.28. The van der Waals surface area contributed by atoms with Gasteiger partial charge < -0.3 is 20.1 Å². The molecule has 0 bridgehead atoms. The molecule has 0 saturated heterocycles. The van der Waals surface area contributed by atoms with Crippen molar-refractivity contribution in [2.75, 3.05) is 33.0 Å². The molecule has 0 amide bonds. The van der Waals surface area contributed by atoms with Gasteiger partial charge in [-0.25, -0.2) is 4.57 Å². The number of nitrogens with two attached hydrogens (primary N) is 1. The molecule has 0 fully saturated rings. The number of carbonyl (C=O) groups excluding carboxylic acids is 1. The molecule has 0 aromatic rings. The molecule has 0 aromatic carbocycles. The van der Waals surface area contributed by atoms with Crippen LogP contribution < -0.4 is 5.73 Å². The average Bonchev–Trinajstić information content (AvgIpc) is 3.29. The van der Waals surface area contributed by atoms with E-state index in [1.807, 2.05) is 0 Å². The summed E-state index contributed by atoms with van der Waals surface area (Å²) in [5, 5.41) is 0. The van der Waals surface area contributed by atoms with E-state index in [-0.39, 0.29) is 32.3 Å². The van der Waals surface area contributed by atoms with Crippen molar-refractivity contribution in [3.05, 3.63) is 12.2 Å². The van der Waals surface area contributed by atoms with Crippen LogP contribution in [-0.2, 0) is 27.9 Å². The average molecular weight is 928 g/mol. The van der Waals surface area contributed by atoms with Crippen molar-refractivity contribution in [2.24, 2.45) is 5.73 Å². The molecule has 8 nitrogen and oxygen atoms in total. The van der Waals surface area contributed by atoms with Gasteiger partial charge in [-0.05, 0) is 38.5 Å². The lowest BCUT2D eigenvalue weighted by molar-refractivity contribution is -0.154. The first-order valence-electron chi connectivity index (χ1n) is 28.2. The Labute approximate surface area is 398 Å². The number of allylic oxidation sites excluding steroid dienone is 2. The monoisotopic (exact) mass is 928 g/mol. The molecule has 2 atom stereocenters. The third-order valence-electron chi connectivity index (χ3n) is 12.7. The van der Waals surface area contributed by atoms with E-state index in [0.29, 0.717) is 13.0 Å². The van der Waals surface area contributed by atoms with E-state index < -0.39 is 13.9 Å². The fourth-order valence-electron chi connectivity index (χ4n) is 8.53. The summed E-state index contributed by atoms with van der Waals surface area (Å²) in [6, 6.07) is 0. The minimum absolute atomic E-state index is 0.0913. The molecule has 0 aliphatic carbocycles. The van der Waals surface area contributed by atoms with Crippen molar-refractivity contribution in [3.63, 3.8) is 0 Å². The number of unbranched alkanes of at least 4 members (excludes halogenated alkanes) is 40. The maximum atomic E-state index is 12.7. The van der Waals surface area contributed by atoms with Gasteiger partial charge in [0.2, 0.25) is 0 Å². The van der Waals surface area contributed by atoms with Crippen LogP contribution in [0.4, 0.5) is 0 Å². The minimum Gasteiger partial charge on any atom is -0.457 e. The second kappa shape index (κ2) is 53.2. The highest BCUT2D eigenvalue weighted by atomic mass is 31.2. The van der Waals surface area contributed by atoms with E-state index in [1.54, 1.807) is 0 Å². The molecule has 64 heavy (non-hydrogen) atoms. The number of hydrogen-bond donors (Lipinski definition) is 2. The van der Waals surface area contributed by atoms with Crippen LogP contribution in [0, 0.1) is 0 Å². The highest BCUT2D eigenvalue weighted by Gasteiger charge is 2.25. The predicted molar refractivity (Wildman–Crippen MR) is 275 cm³/mol. The lowest BCUT2D eigenvalue weighted by Gasteiger charge is -2.20. The number of ether oxygens (including phenoxy) is 2. The number of hydrogen-bond acceptors (Lipinski definition) is 7. The molecular weight excluding hydrogens is 818 g/mol. The van der Waals surface area contributed by atoms with Crippen molar-refractivity contribution in [3.8, 4) is 0 Å². The summed E-state index contributed by atoms with van der Waals surface area (Å²) in [4.78, 5) is 22.6. The van der Waals surface area contributed by atoms with Gasteiger partial charge in [-0.3, -0.25) is 13.8 Å². The zero-order valence-corrected chi connectivity index (χ0v) is 43.7. The van der Waals surface area contributed by atoms with Crippen molar-refractivity contribution in [1.82, 2.24) is 0 Å². The SMILES string of the molecule is CCCCCCCCCC/C=C\CCCCCCCCCCCCCCOCC(COP(=O)(O)OCCN)OC(=O)CCCCCCCCCCCCCCCCCCCCCCC. The Hall–Kier alpha value is -0.760. The molecule has 2 unspecified atom stereocenters. The van der Waals surface area contributed by atoms with Crippen LogP contribution in [0.25, 0.3) is 0 Å². The van der Waals surface area contributed by atoms with Gasteiger partial charge in [-0.1, -0.05) is 264 Å². The molecular formula is C55H110NO7P. The number of phosphoric acid groups is 1. The summed E-state index contributed by atoms with van der Waals surface area (Å²) in [6.45, 7) is 5.00. The van der Waals surface area contributed by atoms with Crippen molar-refractivity contribution in [1.29, 1.82) is 0 Å². The highest BCUT2D eigenvalue weighted by molar-refractivity contribution is 7.47. The number of rotatable bonds is 55. The van der Waals surface area contributed by atoms with E-state index in [2.05, 4.69) is 26.0 Å². The fourth-order valence-corrected chi connectivity index (χ4v) is 9.29. The first kappa shape index (κ1) is 63.2. The summed E-state index contributed by atoms with van der Waals surface area (Å²) >= 11 is 0. The molecule has 9 heteroatoms. The number of carbonyl (C=O) groups is 1. The second-order valence-corrected chi connectivity index (χ2v) is 20.6. The maximum Gasteiger partial charge on any atom is 0.472 e. The quantitative estimate of drug-likeness (QED) is 0.0268. The Bertz CT molecular complexity index is 997. The Kier molecular flexibility index (Phi) is 52.6. The third-order valence-corrected chi connectivity index (χ3v) is 13.7. The summed E-state index contributed by atoms with van der Waals surface area (Å²) in [5.41, 5.74) is 5.40. The third kappa shape index (κ3) is 52.2. The second-order valence-electron chi connectivity index (χ2n) is 19.2. The van der Waals surface area contributed by atoms with Crippen LogP contribution in [0.15, 0.2) is 12.2 Å². The molecule has 0 aliphatic rings. The number of esters is 1. The zero-order valence-electron chi connectivity index (χ0n) is 42.8. The van der Waals surface area contributed by atoms with Crippen LogP contribution in [0.5, 0.6) is 0 Å². The Balaban J connectivity index is 3.84. The smallest absolute Gasteiger partial charge is 0.457 e. The van der Waals surface area contributed by atoms with Crippen LogP contribution >= 0.6 is 7.82 Å². The lowest BCUT2D eigenvalue weighted by Crippen LogP contribution is -2.28. The van der Waals surface area contributed by atoms with Crippen molar-refractivity contribution in [2.45, 2.75) is 302 Å². The normalized spacial score (nSPS) is 13.2. The summed E-state index contributed by atoms with van der Waals surface area (Å²) in [5.74, 6) is -0.321. The standard InChI is InChI=1S/C55H110NO7P/c1-3-5-7-9-11-13-15-17-19-21-23-25-26-27-29-31-33-35-37-39-41-43-45-47-50-60-52-54(53-62-64(58,59)61-51-49-56)63-55(57)48-46-44-42-40-38-36-34-32-30-28-24-22-20-18-16-14-12-10-8-6-4-2/h21,23,54H,3-20,22,24-53,56H2,1-2H3,(H,58,59)/b23-21-. The van der Waals surface area contributed by atoms with E-state index in [9.17, 15) is 14.3 Å². The van der Waals surface area contributed by atoms with Crippen LogP contribution in [0.2, 0.25) is 0 Å². The van der Waals surface area contributed by atoms with E-state index in [4.69, 9.17) is 24.3 Å². The topological polar surface area (TPSA) is 117 Å². The van der Waals surface area contributed by atoms with Gasteiger partial charge in [0.1, 0.15) is 6.10 Å². The molecule has 0 saturated carbocycles. The predicted octanol–water partition coefficient (Wildman–Crippen LogP) is 17.8. The summed E-state index contributed by atoms with van der Waals surface area (Å²) in [6.07, 6.45) is 61.2. The molecule has 0 heterocycles. The molecule has 0 radical (unpaired) electrons. The van der Waals surface area contributed by atoms with Gasteiger partial charge in [-0.15, -0.1) is 0 Å². The largest absolute Gasteiger partial charge is 0.472 e. The van der Waals surface area contributed by atoms with Crippen molar-refractivity contribution >= 4 is 13.8 Å². The Morgan fingerprint density at radius 3 is 1.14 bits per heavy atom. The Morgan fingerprint density at radius 2 is 0.781 bits per heavy atom. The van der Waals surface area contributed by atoms with Gasteiger partial charge in [-0.2, -0.15) is 0 Å². The molecule has 382 valence electrons. The van der Waals surface area contributed by atoms with Gasteiger partial charge in [0.05, 0.1) is 19.8 Å². The molecule has 0 rings (SSSR count). The fraction of sp³-hybridized carbons (Fsp3) is 0.945. The zero-order chi connectivity index (χ0) is 46.5. The van der Waals surface area contributed by atoms with E-state index in [1.165, 1.54) is 244 Å². The van der Waals surface area contributed by atoms with Gasteiger partial charge in [0.25, 0.3) is 0 Å². The summed E-state index contributed by atoms with van der Waals surface area (Å²) < 4.78 is 33.7. The van der Waals surface area contributed by atoms with Gasteiger partial charge in [0, 0.05) is 19.6 Å². The lowest BCUT2D eigenvalue weighted by atomic mass is 10.0. The van der Waals surface area contributed by atoms with Gasteiger partial charge >= 0.3 is 13.8 Å². The first-order chi connectivity index (χ1) is 31.4. The van der Waals surface area contributed by atoms with E-state index in [0.717, 1.165) is 32.1 Å². The van der Waals surface area contributed by atoms with Crippen LogP contribution in [-0.4, -0.2) is 49.9 Å². The molecule has 0 aliphatic heterocycles. The molecule has 0 aromatic heterocycles. The molecule has 3 N–H and O–H groups in total. The maximum absolute atomic E-state index is 12.7.